The summed E-state index contributed by atoms with van der Waals surface area (Å²) in [7, 11) is 0. The first-order valence-electron chi connectivity index (χ1n) is 7.27. The average molecular weight is 285 g/mol. The molecular weight excluding hydrogens is 266 g/mol. The Labute approximate surface area is 123 Å². The standard InChI is InChI=1S/C16H19N3O2/c20-15(21)11-19-8-4-7-13(10-19)16-17-9-14(18-16)12-5-2-1-3-6-12/h1-3,5-6,9,13H,4,7-8,10-11H2,(H,17,18)(H,20,21)/t13-/m0/s1. The number of aromatic nitrogens is 2. The van der Waals surface area contributed by atoms with E-state index in [4.69, 9.17) is 5.11 Å². The lowest BCUT2D eigenvalue weighted by Crippen LogP contribution is -2.38. The normalized spacial score (nSPS) is 19.5. The summed E-state index contributed by atoms with van der Waals surface area (Å²) < 4.78 is 0. The van der Waals surface area contributed by atoms with Crippen molar-refractivity contribution in [1.82, 2.24) is 14.9 Å². The third kappa shape index (κ3) is 3.31. The van der Waals surface area contributed by atoms with Crippen molar-refractivity contribution in [3.8, 4) is 11.3 Å². The zero-order valence-corrected chi connectivity index (χ0v) is 11.8. The van der Waals surface area contributed by atoms with Crippen molar-refractivity contribution in [2.45, 2.75) is 18.8 Å². The number of nitrogens with zero attached hydrogens (tertiary/aromatic N) is 2. The Morgan fingerprint density at radius 3 is 2.95 bits per heavy atom. The van der Waals surface area contributed by atoms with Gasteiger partial charge in [-0.25, -0.2) is 4.98 Å². The van der Waals surface area contributed by atoms with Crippen molar-refractivity contribution < 1.29 is 9.90 Å². The van der Waals surface area contributed by atoms with E-state index in [-0.39, 0.29) is 12.5 Å². The zero-order chi connectivity index (χ0) is 14.7. The Kier molecular flexibility index (Phi) is 4.01. The first-order valence-corrected chi connectivity index (χ1v) is 7.27. The maximum absolute atomic E-state index is 10.8. The number of aliphatic carboxylic acids is 1. The molecule has 0 radical (unpaired) electrons. The number of benzene rings is 1. The van der Waals surface area contributed by atoms with Crippen LogP contribution in [0.5, 0.6) is 0 Å². The highest BCUT2D eigenvalue weighted by Crippen LogP contribution is 2.26. The summed E-state index contributed by atoms with van der Waals surface area (Å²) in [5.74, 6) is 0.486. The molecule has 0 amide bonds. The van der Waals surface area contributed by atoms with Gasteiger partial charge in [-0.3, -0.25) is 9.69 Å². The molecule has 110 valence electrons. The van der Waals surface area contributed by atoms with E-state index < -0.39 is 5.97 Å². The van der Waals surface area contributed by atoms with Crippen LogP contribution in [0.25, 0.3) is 11.3 Å². The highest BCUT2D eigenvalue weighted by molar-refractivity contribution is 5.69. The third-order valence-corrected chi connectivity index (χ3v) is 3.93. The molecule has 5 nitrogen and oxygen atoms in total. The number of nitrogens with one attached hydrogen (secondary N) is 1. The van der Waals surface area contributed by atoms with Crippen molar-refractivity contribution in [3.63, 3.8) is 0 Å². The summed E-state index contributed by atoms with van der Waals surface area (Å²) in [6.45, 7) is 1.73. The fraction of sp³-hybridized carbons (Fsp3) is 0.375. The Morgan fingerprint density at radius 1 is 1.38 bits per heavy atom. The molecule has 1 fully saturated rings. The second-order valence-corrected chi connectivity index (χ2v) is 5.52. The van der Waals surface area contributed by atoms with Crippen LogP contribution in [-0.4, -0.2) is 45.6 Å². The molecule has 2 aromatic rings. The van der Waals surface area contributed by atoms with Gasteiger partial charge in [0.1, 0.15) is 5.82 Å². The van der Waals surface area contributed by atoms with Crippen molar-refractivity contribution in [3.05, 3.63) is 42.4 Å². The molecule has 21 heavy (non-hydrogen) atoms. The van der Waals surface area contributed by atoms with Crippen LogP contribution in [0, 0.1) is 0 Å². The highest BCUT2D eigenvalue weighted by Gasteiger charge is 2.24. The molecule has 1 saturated heterocycles. The van der Waals surface area contributed by atoms with Gasteiger partial charge < -0.3 is 10.1 Å². The minimum atomic E-state index is -0.764. The fourth-order valence-electron chi connectivity index (χ4n) is 2.92. The van der Waals surface area contributed by atoms with Crippen LogP contribution in [0.1, 0.15) is 24.6 Å². The minimum Gasteiger partial charge on any atom is -0.480 e. The van der Waals surface area contributed by atoms with Crippen molar-refractivity contribution in [2.75, 3.05) is 19.6 Å². The molecule has 1 aromatic carbocycles. The van der Waals surface area contributed by atoms with Crippen LogP contribution in [0.3, 0.4) is 0 Å². The summed E-state index contributed by atoms with van der Waals surface area (Å²) in [6, 6.07) is 10.1. The number of piperidine rings is 1. The molecule has 0 aliphatic carbocycles. The van der Waals surface area contributed by atoms with Gasteiger partial charge in [0.2, 0.25) is 0 Å². The second kappa shape index (κ2) is 6.10. The lowest BCUT2D eigenvalue weighted by atomic mass is 9.97. The lowest BCUT2D eigenvalue weighted by molar-refractivity contribution is -0.138. The number of carboxylic acids is 1. The van der Waals surface area contributed by atoms with Gasteiger partial charge in [-0.1, -0.05) is 30.3 Å². The maximum atomic E-state index is 10.8. The van der Waals surface area contributed by atoms with Gasteiger partial charge in [-0.15, -0.1) is 0 Å². The molecule has 3 rings (SSSR count). The predicted octanol–water partition coefficient (Wildman–Crippen LogP) is 2.34. The highest BCUT2D eigenvalue weighted by atomic mass is 16.4. The molecule has 1 aromatic heterocycles. The van der Waals surface area contributed by atoms with E-state index in [2.05, 4.69) is 22.1 Å². The van der Waals surface area contributed by atoms with Crippen LogP contribution >= 0.6 is 0 Å². The number of carboxylic acid groups (broad SMARTS) is 1. The van der Waals surface area contributed by atoms with Crippen molar-refractivity contribution in [2.24, 2.45) is 0 Å². The summed E-state index contributed by atoms with van der Waals surface area (Å²) in [6.07, 6.45) is 3.93. The van der Waals surface area contributed by atoms with Crippen LogP contribution in [0.15, 0.2) is 36.5 Å². The molecule has 0 saturated carbocycles. The second-order valence-electron chi connectivity index (χ2n) is 5.52. The molecule has 1 atom stereocenters. The molecule has 1 aliphatic rings. The van der Waals surface area contributed by atoms with E-state index in [1.54, 1.807) is 0 Å². The van der Waals surface area contributed by atoms with E-state index in [0.29, 0.717) is 0 Å². The van der Waals surface area contributed by atoms with Crippen LogP contribution in [-0.2, 0) is 4.79 Å². The first kappa shape index (κ1) is 13.8. The molecule has 2 N–H and O–H groups in total. The number of imidazole rings is 1. The summed E-state index contributed by atoms with van der Waals surface area (Å²) in [5, 5.41) is 8.91. The van der Waals surface area contributed by atoms with E-state index in [1.807, 2.05) is 29.3 Å². The number of hydrogen-bond donors (Lipinski definition) is 2. The number of rotatable bonds is 4. The number of H-pyrrole nitrogens is 1. The SMILES string of the molecule is O=C(O)CN1CCC[C@H](c2ncc(-c3ccccc3)[nH]2)C1. The minimum absolute atomic E-state index is 0.114. The average Bonchev–Trinajstić information content (AvgIpc) is 2.98. The number of carbonyl (C=O) groups is 1. The summed E-state index contributed by atoms with van der Waals surface area (Å²) in [4.78, 5) is 20.7. The number of likely N-dealkylation sites (tertiary alicyclic amines) is 1. The Balaban J connectivity index is 1.72. The van der Waals surface area contributed by atoms with Gasteiger partial charge in [0.25, 0.3) is 0 Å². The van der Waals surface area contributed by atoms with Gasteiger partial charge in [0, 0.05) is 12.5 Å². The van der Waals surface area contributed by atoms with E-state index in [9.17, 15) is 4.79 Å². The summed E-state index contributed by atoms with van der Waals surface area (Å²) in [5.41, 5.74) is 2.13. The molecule has 1 aliphatic heterocycles. The predicted molar refractivity (Wildman–Crippen MR) is 80.1 cm³/mol. The third-order valence-electron chi connectivity index (χ3n) is 3.93. The van der Waals surface area contributed by atoms with E-state index in [1.165, 1.54) is 0 Å². The monoisotopic (exact) mass is 285 g/mol. The van der Waals surface area contributed by atoms with Crippen LogP contribution < -0.4 is 0 Å². The lowest BCUT2D eigenvalue weighted by Gasteiger charge is -2.30. The fourth-order valence-corrected chi connectivity index (χ4v) is 2.92. The topological polar surface area (TPSA) is 69.2 Å². The molecule has 5 heteroatoms. The quantitative estimate of drug-likeness (QED) is 0.904. The van der Waals surface area contributed by atoms with Gasteiger partial charge in [-0.2, -0.15) is 0 Å². The number of aromatic amines is 1. The van der Waals surface area contributed by atoms with Crippen LogP contribution in [0.2, 0.25) is 0 Å². The van der Waals surface area contributed by atoms with E-state index >= 15 is 0 Å². The number of hydrogen-bond acceptors (Lipinski definition) is 3. The van der Waals surface area contributed by atoms with Gasteiger partial charge >= 0.3 is 5.97 Å². The molecule has 0 spiro atoms. The van der Waals surface area contributed by atoms with Gasteiger partial charge in [0.15, 0.2) is 0 Å². The van der Waals surface area contributed by atoms with Gasteiger partial charge in [-0.05, 0) is 24.9 Å². The van der Waals surface area contributed by atoms with Gasteiger partial charge in [0.05, 0.1) is 18.4 Å². The summed E-state index contributed by atoms with van der Waals surface area (Å²) >= 11 is 0. The first-order chi connectivity index (χ1) is 10.2. The Hall–Kier alpha value is -2.14. The maximum Gasteiger partial charge on any atom is 0.317 e. The molecular formula is C16H19N3O2. The molecule has 0 unspecified atom stereocenters. The van der Waals surface area contributed by atoms with Crippen molar-refractivity contribution in [1.29, 1.82) is 0 Å². The Morgan fingerprint density at radius 2 is 2.19 bits per heavy atom. The smallest absolute Gasteiger partial charge is 0.317 e. The largest absolute Gasteiger partial charge is 0.480 e. The van der Waals surface area contributed by atoms with E-state index in [0.717, 1.165) is 43.0 Å². The van der Waals surface area contributed by atoms with Crippen LogP contribution in [0.4, 0.5) is 0 Å². The zero-order valence-electron chi connectivity index (χ0n) is 11.8. The van der Waals surface area contributed by atoms with Crippen molar-refractivity contribution >= 4 is 5.97 Å². The molecule has 2 heterocycles. The Bertz CT molecular complexity index is 609. The molecule has 0 bridgehead atoms.